The van der Waals surface area contributed by atoms with Gasteiger partial charge in [0.15, 0.2) is 11.5 Å². The van der Waals surface area contributed by atoms with Gasteiger partial charge in [0.2, 0.25) is 0 Å². The maximum absolute atomic E-state index is 11.8. The summed E-state index contributed by atoms with van der Waals surface area (Å²) in [7, 11) is 1.60. The summed E-state index contributed by atoms with van der Waals surface area (Å²) in [6.07, 6.45) is 0. The molecular weight excluding hydrogens is 328 g/mol. The number of urea groups is 1. The average molecular weight is 349 g/mol. The first-order valence-corrected chi connectivity index (χ1v) is 8.00. The summed E-state index contributed by atoms with van der Waals surface area (Å²) in [4.78, 5) is 11.8. The third kappa shape index (κ3) is 5.35. The van der Waals surface area contributed by atoms with Gasteiger partial charge in [0.05, 0.1) is 13.7 Å². The van der Waals surface area contributed by atoms with Gasteiger partial charge in [-0.1, -0.05) is 35.9 Å². The lowest BCUT2D eigenvalue weighted by atomic mass is 10.2. The first kappa shape index (κ1) is 17.9. The van der Waals surface area contributed by atoms with Gasteiger partial charge in [-0.2, -0.15) is 0 Å². The van der Waals surface area contributed by atoms with Gasteiger partial charge in [0.1, 0.15) is 6.61 Å². The molecular formula is C18H21ClN2O3. The van der Waals surface area contributed by atoms with Crippen LogP contribution in [0.15, 0.2) is 42.5 Å². The summed E-state index contributed by atoms with van der Waals surface area (Å²) in [5.74, 6) is 1.33. The van der Waals surface area contributed by atoms with Crippen molar-refractivity contribution in [2.24, 2.45) is 0 Å². The second-order valence-electron chi connectivity index (χ2n) is 5.20. The van der Waals surface area contributed by atoms with Crippen LogP contribution in [0.4, 0.5) is 4.79 Å². The Morgan fingerprint density at radius 2 is 1.92 bits per heavy atom. The molecule has 0 fully saturated rings. The van der Waals surface area contributed by atoms with Crippen LogP contribution in [0.3, 0.4) is 0 Å². The van der Waals surface area contributed by atoms with Gasteiger partial charge in [-0.3, -0.25) is 0 Å². The Balaban J connectivity index is 1.70. The lowest BCUT2D eigenvalue weighted by Crippen LogP contribution is -2.37. The zero-order chi connectivity index (χ0) is 17.4. The molecule has 0 saturated heterocycles. The molecule has 6 heteroatoms. The number of benzene rings is 2. The molecule has 0 aliphatic rings. The molecule has 2 rings (SSSR count). The normalized spacial score (nSPS) is 10.1. The van der Waals surface area contributed by atoms with E-state index in [9.17, 15) is 4.79 Å². The number of nitrogens with one attached hydrogen (secondary N) is 2. The third-order valence-corrected chi connectivity index (χ3v) is 3.73. The van der Waals surface area contributed by atoms with E-state index in [4.69, 9.17) is 21.1 Å². The molecule has 0 aliphatic heterocycles. The first-order valence-electron chi connectivity index (χ1n) is 7.62. The van der Waals surface area contributed by atoms with Crippen molar-refractivity contribution < 1.29 is 14.3 Å². The van der Waals surface area contributed by atoms with Crippen molar-refractivity contribution in [3.8, 4) is 11.5 Å². The van der Waals surface area contributed by atoms with Gasteiger partial charge in [-0.15, -0.1) is 0 Å². The summed E-state index contributed by atoms with van der Waals surface area (Å²) in [5.41, 5.74) is 1.96. The summed E-state index contributed by atoms with van der Waals surface area (Å²) < 4.78 is 10.9. The summed E-state index contributed by atoms with van der Waals surface area (Å²) in [6, 6.07) is 12.8. The van der Waals surface area contributed by atoms with E-state index < -0.39 is 0 Å². The van der Waals surface area contributed by atoms with Gasteiger partial charge in [0.25, 0.3) is 0 Å². The van der Waals surface area contributed by atoms with Crippen LogP contribution < -0.4 is 20.1 Å². The van der Waals surface area contributed by atoms with E-state index in [-0.39, 0.29) is 6.03 Å². The molecule has 0 atom stereocenters. The highest BCUT2D eigenvalue weighted by Gasteiger charge is 2.05. The number of rotatable bonds is 7. The van der Waals surface area contributed by atoms with Crippen molar-refractivity contribution >= 4 is 17.6 Å². The number of hydrogen-bond acceptors (Lipinski definition) is 3. The fourth-order valence-corrected chi connectivity index (χ4v) is 2.30. The molecule has 2 amide bonds. The van der Waals surface area contributed by atoms with Crippen molar-refractivity contribution in [3.05, 3.63) is 58.6 Å². The smallest absolute Gasteiger partial charge is 0.315 e. The number of hydrogen-bond donors (Lipinski definition) is 2. The molecule has 0 bridgehead atoms. The molecule has 128 valence electrons. The molecule has 24 heavy (non-hydrogen) atoms. The summed E-state index contributed by atoms with van der Waals surface area (Å²) in [5, 5.41) is 6.12. The first-order chi connectivity index (χ1) is 11.6. The van der Waals surface area contributed by atoms with E-state index in [1.165, 1.54) is 0 Å². The number of halogens is 1. The minimum absolute atomic E-state index is 0.269. The van der Waals surface area contributed by atoms with Crippen molar-refractivity contribution in [2.45, 2.75) is 13.5 Å². The molecule has 2 N–H and O–H groups in total. The second-order valence-corrected chi connectivity index (χ2v) is 5.61. The van der Waals surface area contributed by atoms with E-state index in [0.717, 1.165) is 11.1 Å². The fourth-order valence-electron chi connectivity index (χ4n) is 2.10. The highest BCUT2D eigenvalue weighted by molar-refractivity contribution is 6.31. The average Bonchev–Trinajstić information content (AvgIpc) is 2.59. The zero-order valence-corrected chi connectivity index (χ0v) is 14.5. The summed E-state index contributed by atoms with van der Waals surface area (Å²) >= 11 is 6.04. The number of carbonyl (C=O) groups is 1. The van der Waals surface area contributed by atoms with Crippen molar-refractivity contribution in [2.75, 3.05) is 20.3 Å². The van der Waals surface area contributed by atoms with E-state index in [2.05, 4.69) is 10.6 Å². The highest BCUT2D eigenvalue weighted by Crippen LogP contribution is 2.27. The number of amides is 2. The predicted molar refractivity (Wildman–Crippen MR) is 94.9 cm³/mol. The molecule has 0 saturated carbocycles. The van der Waals surface area contributed by atoms with E-state index >= 15 is 0 Å². The molecule has 0 spiro atoms. The van der Waals surface area contributed by atoms with Crippen LogP contribution in [-0.4, -0.2) is 26.3 Å². The van der Waals surface area contributed by atoms with Crippen LogP contribution in [0.25, 0.3) is 0 Å². The van der Waals surface area contributed by atoms with Crippen LogP contribution in [0.2, 0.25) is 5.02 Å². The molecule has 5 nitrogen and oxygen atoms in total. The van der Waals surface area contributed by atoms with Crippen LogP contribution in [0, 0.1) is 6.92 Å². The number of methoxy groups -OCH3 is 1. The Morgan fingerprint density at radius 1 is 1.12 bits per heavy atom. The van der Waals surface area contributed by atoms with Gasteiger partial charge >= 0.3 is 6.03 Å². The number of carbonyl (C=O) groups excluding carboxylic acids is 1. The van der Waals surface area contributed by atoms with Crippen LogP contribution >= 0.6 is 11.6 Å². The van der Waals surface area contributed by atoms with Crippen molar-refractivity contribution in [3.63, 3.8) is 0 Å². The minimum atomic E-state index is -0.269. The highest BCUT2D eigenvalue weighted by atomic mass is 35.5. The lowest BCUT2D eigenvalue weighted by Gasteiger charge is -2.12. The number of ether oxygens (including phenoxy) is 2. The zero-order valence-electron chi connectivity index (χ0n) is 13.8. The Morgan fingerprint density at radius 3 is 2.67 bits per heavy atom. The van der Waals surface area contributed by atoms with E-state index in [0.29, 0.717) is 36.2 Å². The molecule has 2 aromatic carbocycles. The van der Waals surface area contributed by atoms with Crippen molar-refractivity contribution in [1.29, 1.82) is 0 Å². The maximum atomic E-state index is 11.8. The van der Waals surface area contributed by atoms with Gasteiger partial charge in [-0.25, -0.2) is 4.79 Å². The van der Waals surface area contributed by atoms with Crippen LogP contribution in [-0.2, 0) is 6.54 Å². The standard InChI is InChI=1S/C18H21ClN2O3/c1-13-7-8-16(17(11-13)23-2)24-10-9-20-18(22)21-12-14-5-3-4-6-15(14)19/h3-8,11H,9-10,12H2,1-2H3,(H2,20,21,22). The molecule has 2 aromatic rings. The quantitative estimate of drug-likeness (QED) is 0.752. The van der Waals surface area contributed by atoms with Gasteiger partial charge in [0, 0.05) is 11.6 Å². The Kier molecular flexibility index (Phi) is 6.75. The second kappa shape index (κ2) is 9.03. The molecule has 0 aromatic heterocycles. The fraction of sp³-hybridized carbons (Fsp3) is 0.278. The minimum Gasteiger partial charge on any atom is -0.493 e. The Bertz CT molecular complexity index is 692. The van der Waals surface area contributed by atoms with Crippen LogP contribution in [0.5, 0.6) is 11.5 Å². The van der Waals surface area contributed by atoms with E-state index in [1.54, 1.807) is 13.2 Å². The summed E-state index contributed by atoms with van der Waals surface area (Å²) in [6.45, 7) is 3.08. The molecule has 0 aliphatic carbocycles. The predicted octanol–water partition coefficient (Wildman–Crippen LogP) is 3.54. The SMILES string of the molecule is COc1cc(C)ccc1OCCNC(=O)NCc1ccccc1Cl. The monoisotopic (exact) mass is 348 g/mol. The largest absolute Gasteiger partial charge is 0.493 e. The number of aryl methyl sites for hydroxylation is 1. The maximum Gasteiger partial charge on any atom is 0.315 e. The Labute approximate surface area is 146 Å². The molecule has 0 radical (unpaired) electrons. The third-order valence-electron chi connectivity index (χ3n) is 3.36. The van der Waals surface area contributed by atoms with Gasteiger partial charge in [-0.05, 0) is 36.2 Å². The molecule has 0 unspecified atom stereocenters. The molecule has 0 heterocycles. The topological polar surface area (TPSA) is 59.6 Å². The Hall–Kier alpha value is -2.40. The van der Waals surface area contributed by atoms with E-state index in [1.807, 2.05) is 43.3 Å². The van der Waals surface area contributed by atoms with Crippen LogP contribution in [0.1, 0.15) is 11.1 Å². The lowest BCUT2D eigenvalue weighted by molar-refractivity contribution is 0.235. The van der Waals surface area contributed by atoms with Gasteiger partial charge < -0.3 is 20.1 Å². The van der Waals surface area contributed by atoms with Crippen molar-refractivity contribution in [1.82, 2.24) is 10.6 Å².